The Hall–Kier alpha value is -4.40. The molecule has 0 unspecified atom stereocenters. The molecule has 0 spiro atoms. The van der Waals surface area contributed by atoms with E-state index in [9.17, 15) is 4.79 Å². The van der Waals surface area contributed by atoms with Crippen LogP contribution >= 0.6 is 0 Å². The van der Waals surface area contributed by atoms with Crippen molar-refractivity contribution in [3.63, 3.8) is 0 Å². The maximum absolute atomic E-state index is 12.0. The molecule has 1 amide bonds. The maximum atomic E-state index is 12.0. The minimum Gasteiger partial charge on any atom is -0.457 e. The lowest BCUT2D eigenvalue weighted by Gasteiger charge is -2.40. The Kier molecular flexibility index (Phi) is 6.28. The number of fused-ring (bicyclic) bond motifs is 1. The first-order chi connectivity index (χ1) is 17.3. The molecule has 4 aromatic rings. The standard InChI is InChI=1S/C27H28N6O3/c1-27(2,3)36-26(34)31-19-15-33(16-19)23-13-12-22-24(32-23)25(29-17-28-22)30-18-8-7-11-21(14-18)35-20-9-5-4-6-10-20/h4-14,17,19H,15-16H2,1-3H3,(H,31,34)(H,28,29,30). The van der Waals surface area contributed by atoms with Gasteiger partial charge in [-0.05, 0) is 57.2 Å². The van der Waals surface area contributed by atoms with E-state index in [-0.39, 0.29) is 6.04 Å². The third kappa shape index (κ3) is 5.63. The normalized spacial score (nSPS) is 13.7. The lowest BCUT2D eigenvalue weighted by molar-refractivity contribution is 0.0496. The van der Waals surface area contributed by atoms with E-state index < -0.39 is 11.7 Å². The molecule has 5 rings (SSSR count). The van der Waals surface area contributed by atoms with Crippen LogP contribution in [0.1, 0.15) is 20.8 Å². The highest BCUT2D eigenvalue weighted by Gasteiger charge is 2.30. The van der Waals surface area contributed by atoms with E-state index >= 15 is 0 Å². The number of nitrogens with one attached hydrogen (secondary N) is 2. The van der Waals surface area contributed by atoms with Crippen LogP contribution in [0.3, 0.4) is 0 Å². The average Bonchev–Trinajstić information content (AvgIpc) is 2.81. The lowest BCUT2D eigenvalue weighted by Crippen LogP contribution is -2.60. The van der Waals surface area contributed by atoms with Crippen molar-refractivity contribution in [2.24, 2.45) is 0 Å². The largest absolute Gasteiger partial charge is 0.457 e. The summed E-state index contributed by atoms with van der Waals surface area (Å²) in [4.78, 5) is 27.7. The number of anilines is 3. The van der Waals surface area contributed by atoms with Gasteiger partial charge in [-0.2, -0.15) is 0 Å². The third-order valence-corrected chi connectivity index (χ3v) is 5.47. The Balaban J connectivity index is 1.28. The zero-order valence-corrected chi connectivity index (χ0v) is 20.4. The number of para-hydroxylation sites is 1. The number of hydrogen-bond donors (Lipinski definition) is 2. The number of amides is 1. The van der Waals surface area contributed by atoms with Gasteiger partial charge in [0.1, 0.15) is 34.8 Å². The molecule has 9 heteroatoms. The smallest absolute Gasteiger partial charge is 0.407 e. The van der Waals surface area contributed by atoms with E-state index in [0.29, 0.717) is 30.2 Å². The summed E-state index contributed by atoms with van der Waals surface area (Å²) in [6.07, 6.45) is 1.11. The van der Waals surface area contributed by atoms with Gasteiger partial charge in [0.2, 0.25) is 0 Å². The average molecular weight is 485 g/mol. The van der Waals surface area contributed by atoms with Gasteiger partial charge in [0, 0.05) is 24.8 Å². The molecule has 0 atom stereocenters. The first-order valence-corrected chi connectivity index (χ1v) is 11.8. The SMILES string of the molecule is CC(C)(C)OC(=O)NC1CN(c2ccc3ncnc(Nc4cccc(Oc5ccccc5)c4)c3n2)C1. The summed E-state index contributed by atoms with van der Waals surface area (Å²) in [5.74, 6) is 2.87. The van der Waals surface area contributed by atoms with Gasteiger partial charge in [-0.25, -0.2) is 19.7 Å². The second kappa shape index (κ2) is 9.69. The number of aromatic nitrogens is 3. The van der Waals surface area contributed by atoms with Gasteiger partial charge in [0.25, 0.3) is 0 Å². The summed E-state index contributed by atoms with van der Waals surface area (Å²) < 4.78 is 11.3. The molecule has 2 aromatic carbocycles. The molecular formula is C27H28N6O3. The Bertz CT molecular complexity index is 1370. The number of pyridine rings is 1. The Morgan fingerprint density at radius 2 is 1.75 bits per heavy atom. The van der Waals surface area contributed by atoms with E-state index in [1.807, 2.05) is 87.5 Å². The van der Waals surface area contributed by atoms with Crippen molar-refractivity contribution in [2.75, 3.05) is 23.3 Å². The van der Waals surface area contributed by atoms with E-state index in [1.165, 1.54) is 6.33 Å². The second-order valence-corrected chi connectivity index (χ2v) is 9.58. The number of rotatable bonds is 6. The van der Waals surface area contributed by atoms with Crippen LogP contribution in [0.25, 0.3) is 11.0 Å². The fourth-order valence-electron chi connectivity index (χ4n) is 3.83. The molecule has 2 N–H and O–H groups in total. The lowest BCUT2D eigenvalue weighted by atomic mass is 10.1. The second-order valence-electron chi connectivity index (χ2n) is 9.58. The van der Waals surface area contributed by atoms with Gasteiger partial charge >= 0.3 is 6.09 Å². The van der Waals surface area contributed by atoms with E-state index in [0.717, 1.165) is 22.8 Å². The molecular weight excluding hydrogens is 456 g/mol. The van der Waals surface area contributed by atoms with Crippen LogP contribution in [0.2, 0.25) is 0 Å². The molecule has 0 aliphatic carbocycles. The zero-order chi connectivity index (χ0) is 25.1. The molecule has 9 nitrogen and oxygen atoms in total. The molecule has 1 aliphatic heterocycles. The van der Waals surface area contributed by atoms with Crippen LogP contribution in [0.4, 0.5) is 22.1 Å². The fraction of sp³-hybridized carbons (Fsp3) is 0.259. The van der Waals surface area contributed by atoms with Crippen LogP contribution in [0, 0.1) is 0 Å². The van der Waals surface area contributed by atoms with Crippen LogP contribution in [0.15, 0.2) is 73.1 Å². The highest BCUT2D eigenvalue weighted by atomic mass is 16.6. The zero-order valence-electron chi connectivity index (χ0n) is 20.4. The molecule has 0 bridgehead atoms. The van der Waals surface area contributed by atoms with E-state index in [1.54, 1.807) is 0 Å². The Labute approximate surface area is 209 Å². The summed E-state index contributed by atoms with van der Waals surface area (Å²) in [5, 5.41) is 6.24. The number of alkyl carbamates (subject to hydrolysis) is 1. The molecule has 0 radical (unpaired) electrons. The van der Waals surface area contributed by atoms with Gasteiger partial charge in [-0.15, -0.1) is 0 Å². The number of nitrogens with zero attached hydrogens (tertiary/aromatic N) is 4. The molecule has 0 saturated carbocycles. The topological polar surface area (TPSA) is 102 Å². The first kappa shape index (κ1) is 23.3. The summed E-state index contributed by atoms with van der Waals surface area (Å²) in [7, 11) is 0. The summed E-state index contributed by atoms with van der Waals surface area (Å²) >= 11 is 0. The van der Waals surface area contributed by atoms with Gasteiger partial charge in [0.15, 0.2) is 5.82 Å². The Morgan fingerprint density at radius 3 is 2.53 bits per heavy atom. The predicted octanol–water partition coefficient (Wildman–Crippen LogP) is 5.27. The molecule has 36 heavy (non-hydrogen) atoms. The molecule has 1 aliphatic rings. The van der Waals surface area contributed by atoms with Crippen LogP contribution in [0.5, 0.6) is 11.5 Å². The van der Waals surface area contributed by atoms with Crippen molar-refractivity contribution in [1.29, 1.82) is 0 Å². The highest BCUT2D eigenvalue weighted by Crippen LogP contribution is 2.29. The molecule has 1 saturated heterocycles. The number of benzene rings is 2. The first-order valence-electron chi connectivity index (χ1n) is 11.8. The van der Waals surface area contributed by atoms with Crippen molar-refractivity contribution in [3.8, 4) is 11.5 Å². The molecule has 184 valence electrons. The maximum Gasteiger partial charge on any atom is 0.407 e. The van der Waals surface area contributed by atoms with Gasteiger partial charge in [0.05, 0.1) is 11.6 Å². The van der Waals surface area contributed by atoms with Gasteiger partial charge in [-0.1, -0.05) is 24.3 Å². The van der Waals surface area contributed by atoms with Gasteiger partial charge < -0.3 is 25.0 Å². The van der Waals surface area contributed by atoms with E-state index in [4.69, 9.17) is 14.5 Å². The van der Waals surface area contributed by atoms with Crippen LogP contribution in [-0.2, 0) is 4.74 Å². The number of carbonyl (C=O) groups is 1. The number of ether oxygens (including phenoxy) is 2. The monoisotopic (exact) mass is 484 g/mol. The summed E-state index contributed by atoms with van der Waals surface area (Å²) in [6.45, 7) is 6.83. The predicted molar refractivity (Wildman–Crippen MR) is 139 cm³/mol. The Morgan fingerprint density at radius 1 is 0.972 bits per heavy atom. The third-order valence-electron chi connectivity index (χ3n) is 5.47. The van der Waals surface area contributed by atoms with E-state index in [2.05, 4.69) is 25.5 Å². The highest BCUT2D eigenvalue weighted by molar-refractivity contribution is 5.88. The number of carbonyl (C=O) groups excluding carboxylic acids is 1. The number of hydrogen-bond acceptors (Lipinski definition) is 8. The van der Waals surface area contributed by atoms with Crippen molar-refractivity contribution >= 4 is 34.4 Å². The molecule has 2 aromatic heterocycles. The quantitative estimate of drug-likeness (QED) is 0.381. The summed E-state index contributed by atoms with van der Waals surface area (Å²) in [6, 6.07) is 21.2. The van der Waals surface area contributed by atoms with Crippen molar-refractivity contribution in [3.05, 3.63) is 73.1 Å². The van der Waals surface area contributed by atoms with Crippen molar-refractivity contribution < 1.29 is 14.3 Å². The van der Waals surface area contributed by atoms with Crippen LogP contribution < -0.4 is 20.3 Å². The van der Waals surface area contributed by atoms with Gasteiger partial charge in [-0.3, -0.25) is 0 Å². The minimum absolute atomic E-state index is 0.00863. The van der Waals surface area contributed by atoms with Crippen LogP contribution in [-0.4, -0.2) is 45.8 Å². The molecule has 3 heterocycles. The van der Waals surface area contributed by atoms with Crippen molar-refractivity contribution in [2.45, 2.75) is 32.4 Å². The minimum atomic E-state index is -0.524. The molecule has 1 fully saturated rings. The fourth-order valence-corrected chi connectivity index (χ4v) is 3.83. The summed E-state index contributed by atoms with van der Waals surface area (Å²) in [5.41, 5.74) is 1.69. The van der Waals surface area contributed by atoms with Crippen molar-refractivity contribution in [1.82, 2.24) is 20.3 Å².